The largest absolute Gasteiger partial charge is 0.484 e. The fourth-order valence-electron chi connectivity index (χ4n) is 14.0. The molecular formula is C49H76N4O7. The molecule has 1 aromatic rings. The van der Waals surface area contributed by atoms with Gasteiger partial charge in [0.05, 0.1) is 49.2 Å². The number of carbonyl (C=O) groups is 2. The van der Waals surface area contributed by atoms with Crippen molar-refractivity contribution >= 4 is 23.5 Å². The molecule has 0 spiro atoms. The Morgan fingerprint density at radius 2 is 1.72 bits per heavy atom. The first kappa shape index (κ1) is 46.1. The van der Waals surface area contributed by atoms with E-state index in [2.05, 4.69) is 69.6 Å². The number of carboxylic acids is 1. The topological polar surface area (TPSA) is 136 Å². The Hall–Kier alpha value is -3.44. The summed E-state index contributed by atoms with van der Waals surface area (Å²) in [6.07, 6.45) is 10.7. The number of fused-ring (bicyclic) bond motifs is 7. The first-order chi connectivity index (χ1) is 27.9. The van der Waals surface area contributed by atoms with Gasteiger partial charge in [-0.1, -0.05) is 60.6 Å². The number of nitrogens with zero attached hydrogens (tertiary/aromatic N) is 4. The number of aliphatic hydroxyl groups is 1. The standard InChI is InChI=1S/C49H76N4O7/c1-15-32(29-50-31(4)59-14)53-39(55)26-37(52(53)25-24-51(12)13)49-23-22-47(10)33(42(49)41(30(2)3)34(54)27-49)16-17-36-46(9)20-19-38(60-40(56)28-44(5,6)43(57)58)45(7,8)35(46)18-21-48(36,47)11/h15,26,29-30,33-36,38,54H,1,16-25,27-28H2,2-14H3,(H,57,58)/b32-29+,50-31?/t33?,34-,35-,36+,38-,46-,47+,48?,49-/m0/s1. The minimum Gasteiger partial charge on any atom is -0.484 e. The zero-order valence-electron chi connectivity index (χ0n) is 39.1. The van der Waals surface area contributed by atoms with Crippen molar-refractivity contribution in [1.29, 1.82) is 0 Å². The molecule has 11 nitrogen and oxygen atoms in total. The molecule has 1 aromatic heterocycles. The number of hydrogen-bond acceptors (Lipinski definition) is 8. The predicted octanol–water partition coefficient (Wildman–Crippen LogP) is 8.70. The highest BCUT2D eigenvalue weighted by atomic mass is 16.5. The molecule has 60 heavy (non-hydrogen) atoms. The molecule has 0 aromatic carbocycles. The van der Waals surface area contributed by atoms with E-state index in [-0.39, 0.29) is 51.6 Å². The van der Waals surface area contributed by atoms with E-state index in [1.165, 1.54) is 11.1 Å². The average Bonchev–Trinajstić information content (AvgIpc) is 3.65. The van der Waals surface area contributed by atoms with E-state index < -0.39 is 28.9 Å². The maximum atomic E-state index is 14.4. The van der Waals surface area contributed by atoms with Crippen LogP contribution < -0.4 is 5.56 Å². The Morgan fingerprint density at radius 1 is 1.03 bits per heavy atom. The van der Waals surface area contributed by atoms with E-state index >= 15 is 0 Å². The number of allylic oxidation sites excluding steroid dienone is 3. The normalized spacial score (nSPS) is 35.4. The first-order valence-corrected chi connectivity index (χ1v) is 22.6. The highest BCUT2D eigenvalue weighted by molar-refractivity contribution is 5.81. The lowest BCUT2D eigenvalue weighted by molar-refractivity contribution is -0.232. The zero-order valence-corrected chi connectivity index (χ0v) is 39.1. The molecule has 0 saturated heterocycles. The lowest BCUT2D eigenvalue weighted by Gasteiger charge is -2.72. The van der Waals surface area contributed by atoms with Crippen molar-refractivity contribution < 1.29 is 29.3 Å². The van der Waals surface area contributed by atoms with Gasteiger partial charge in [0.15, 0.2) is 5.90 Å². The summed E-state index contributed by atoms with van der Waals surface area (Å²) in [5.74, 6) is 0.262. The second kappa shape index (κ2) is 16.0. The number of rotatable bonds is 12. The minimum atomic E-state index is -1.18. The molecule has 334 valence electrons. The van der Waals surface area contributed by atoms with Gasteiger partial charge < -0.3 is 24.6 Å². The number of aliphatic carboxylic acids is 1. The van der Waals surface area contributed by atoms with Crippen molar-refractivity contribution in [3.8, 4) is 0 Å². The Morgan fingerprint density at radius 3 is 2.32 bits per heavy atom. The zero-order chi connectivity index (χ0) is 44.5. The van der Waals surface area contributed by atoms with E-state index in [9.17, 15) is 24.6 Å². The highest BCUT2D eigenvalue weighted by Gasteiger charge is 2.70. The van der Waals surface area contributed by atoms with Gasteiger partial charge in [0.2, 0.25) is 0 Å². The Balaban J connectivity index is 1.41. The molecule has 9 atom stereocenters. The second-order valence-electron chi connectivity index (χ2n) is 21.9. The summed E-state index contributed by atoms with van der Waals surface area (Å²) < 4.78 is 15.4. The van der Waals surface area contributed by atoms with Crippen LogP contribution in [0.15, 0.2) is 45.9 Å². The van der Waals surface area contributed by atoms with Crippen molar-refractivity contribution in [2.24, 2.45) is 55.7 Å². The van der Waals surface area contributed by atoms with Crippen LogP contribution in [0.1, 0.15) is 139 Å². The van der Waals surface area contributed by atoms with Gasteiger partial charge in [-0.25, -0.2) is 9.67 Å². The Kier molecular flexibility index (Phi) is 12.3. The summed E-state index contributed by atoms with van der Waals surface area (Å²) in [6.45, 7) is 27.0. The molecule has 1 heterocycles. The van der Waals surface area contributed by atoms with Crippen LogP contribution in [0.25, 0.3) is 5.70 Å². The molecule has 11 heteroatoms. The van der Waals surface area contributed by atoms with Gasteiger partial charge in [-0.15, -0.1) is 0 Å². The van der Waals surface area contributed by atoms with Crippen molar-refractivity contribution in [2.75, 3.05) is 27.7 Å². The smallest absolute Gasteiger partial charge is 0.309 e. The van der Waals surface area contributed by atoms with Gasteiger partial charge in [-0.3, -0.25) is 19.1 Å². The maximum absolute atomic E-state index is 14.4. The van der Waals surface area contributed by atoms with Crippen LogP contribution in [-0.4, -0.2) is 82.3 Å². The Labute approximate surface area is 359 Å². The fourth-order valence-corrected chi connectivity index (χ4v) is 14.0. The molecule has 5 aliphatic carbocycles. The number of carboxylic acid groups (broad SMARTS) is 1. The summed E-state index contributed by atoms with van der Waals surface area (Å²) in [7, 11) is 5.67. The number of esters is 1. The number of carbonyl (C=O) groups excluding carboxylic acids is 1. The molecule has 0 aliphatic heterocycles. The highest BCUT2D eigenvalue weighted by Crippen LogP contribution is 2.77. The number of aliphatic hydroxyl groups excluding tert-OH is 1. The van der Waals surface area contributed by atoms with Crippen LogP contribution in [0.3, 0.4) is 0 Å². The van der Waals surface area contributed by atoms with Gasteiger partial charge in [0, 0.05) is 30.4 Å². The third kappa shape index (κ3) is 7.19. The summed E-state index contributed by atoms with van der Waals surface area (Å²) in [6, 6.07) is 1.84. The summed E-state index contributed by atoms with van der Waals surface area (Å²) in [4.78, 5) is 46.0. The monoisotopic (exact) mass is 833 g/mol. The molecule has 0 bridgehead atoms. The predicted molar refractivity (Wildman–Crippen MR) is 237 cm³/mol. The molecule has 0 amide bonds. The lowest BCUT2D eigenvalue weighted by Crippen LogP contribution is -2.66. The second-order valence-corrected chi connectivity index (χ2v) is 21.9. The van der Waals surface area contributed by atoms with Gasteiger partial charge in [-0.2, -0.15) is 0 Å². The summed E-state index contributed by atoms with van der Waals surface area (Å²) in [5, 5.41) is 21.9. The third-order valence-corrected chi connectivity index (χ3v) is 17.4. The van der Waals surface area contributed by atoms with E-state index in [1.54, 1.807) is 44.8 Å². The number of likely N-dealkylation sites (N-methyl/N-ethyl adjacent to an activating group) is 1. The minimum absolute atomic E-state index is 0.0214. The van der Waals surface area contributed by atoms with Crippen LogP contribution in [0.5, 0.6) is 0 Å². The van der Waals surface area contributed by atoms with Gasteiger partial charge in [-0.05, 0) is 137 Å². The molecule has 0 radical (unpaired) electrons. The first-order valence-electron chi connectivity index (χ1n) is 22.6. The number of aliphatic imine (C=N–C) groups is 1. The van der Waals surface area contributed by atoms with Crippen molar-refractivity contribution in [2.45, 2.75) is 158 Å². The van der Waals surface area contributed by atoms with Gasteiger partial charge >= 0.3 is 11.9 Å². The number of methoxy groups -OCH3 is 1. The molecule has 2 unspecified atom stereocenters. The van der Waals surface area contributed by atoms with E-state index in [0.717, 1.165) is 63.6 Å². The average molecular weight is 833 g/mol. The number of aromatic nitrogens is 2. The Bertz CT molecular complexity index is 2020. The fraction of sp³-hybridized carbons (Fsp3) is 0.755. The van der Waals surface area contributed by atoms with Crippen molar-refractivity contribution in [3.63, 3.8) is 0 Å². The van der Waals surface area contributed by atoms with Crippen molar-refractivity contribution in [1.82, 2.24) is 14.3 Å². The molecule has 4 fully saturated rings. The van der Waals surface area contributed by atoms with Crippen LogP contribution in [0, 0.1) is 50.7 Å². The van der Waals surface area contributed by atoms with Crippen LogP contribution in [0.4, 0.5) is 0 Å². The molecule has 4 saturated carbocycles. The van der Waals surface area contributed by atoms with Gasteiger partial charge in [0.1, 0.15) is 6.10 Å². The number of ether oxygens (including phenoxy) is 2. The number of hydrogen-bond donors (Lipinski definition) is 2. The van der Waals surface area contributed by atoms with E-state index in [0.29, 0.717) is 36.4 Å². The van der Waals surface area contributed by atoms with Crippen molar-refractivity contribution in [3.05, 3.63) is 52.1 Å². The summed E-state index contributed by atoms with van der Waals surface area (Å²) >= 11 is 0. The maximum Gasteiger partial charge on any atom is 0.309 e. The molecular weight excluding hydrogens is 757 g/mol. The quantitative estimate of drug-likeness (QED) is 0.0703. The lowest BCUT2D eigenvalue weighted by atomic mass is 9.33. The van der Waals surface area contributed by atoms with Crippen LogP contribution in [-0.2, 0) is 31.0 Å². The molecule has 2 N–H and O–H groups in total. The van der Waals surface area contributed by atoms with Crippen LogP contribution >= 0.6 is 0 Å². The molecule has 5 aliphatic rings. The summed E-state index contributed by atoms with van der Waals surface area (Å²) in [5.41, 5.74) is 2.04. The molecule has 6 rings (SSSR count). The van der Waals surface area contributed by atoms with E-state index in [4.69, 9.17) is 9.47 Å². The van der Waals surface area contributed by atoms with Crippen LogP contribution in [0.2, 0.25) is 0 Å². The van der Waals surface area contributed by atoms with E-state index in [1.807, 2.05) is 20.2 Å². The van der Waals surface area contributed by atoms with Gasteiger partial charge in [0.25, 0.3) is 5.56 Å². The SMILES string of the molecule is C=C/C(=C\N=C(C)OC)n1c(=O)cc([C@@]23CC[C@]4(C)C(CC[C@H]5C4(C)CC[C@H]4C(C)(C)[C@@H](OC(=O)CC(C)(C)C(=O)O)CC[C@@]45C)C2=C(C(C)C)[C@@H](O)C3)n1CCN(C)C. The third-order valence-electron chi connectivity index (χ3n) is 17.4.